The first-order valence-electron chi connectivity index (χ1n) is 7.89. The Balaban J connectivity index is -0.00000760. The third-order valence-corrected chi connectivity index (χ3v) is 5.84. The van der Waals surface area contributed by atoms with Gasteiger partial charge in [0.05, 0.1) is 7.82 Å². The summed E-state index contributed by atoms with van der Waals surface area (Å²) in [6.45, 7) is 0. The van der Waals surface area contributed by atoms with Gasteiger partial charge in [-0.1, -0.05) is 0 Å². The third kappa shape index (κ3) is 6.94. The average molecular weight is 707 g/mol. The first-order valence-corrected chi connectivity index (χ1v) is 10.8. The number of sulfonamides is 1. The van der Waals surface area contributed by atoms with Crippen LogP contribution in [0.15, 0.2) is 0 Å². The summed E-state index contributed by atoms with van der Waals surface area (Å²) < 4.78 is 305. The Kier molecular flexibility index (Phi) is 13.0. The van der Waals surface area contributed by atoms with Crippen molar-refractivity contribution < 1.29 is 157 Å². The molecule has 32 heteroatoms. The number of halogens is 21. The normalized spacial score (nSPS) is 17.2. The molecule has 7 nitrogen and oxygen atoms in total. The molecule has 42 heavy (non-hydrogen) atoms. The van der Waals surface area contributed by atoms with Gasteiger partial charge in [0.2, 0.25) is 0 Å². The van der Waals surface area contributed by atoms with E-state index in [0.717, 1.165) is 0 Å². The Labute approximate surface area is 239 Å². The molecule has 0 aromatic rings. The molecule has 1 N–H and O–H groups in total. The molecule has 0 saturated heterocycles. The fourth-order valence-electron chi connectivity index (χ4n) is 1.83. The number of hydrogen-bond donors (Lipinski definition) is 1. The zero-order chi connectivity index (χ0) is 33.4. The van der Waals surface area contributed by atoms with Crippen LogP contribution in [0.1, 0.15) is 0 Å². The Morgan fingerprint density at radius 3 is 1.02 bits per heavy atom. The van der Waals surface area contributed by atoms with Gasteiger partial charge in [-0.25, -0.2) is 8.42 Å². The Morgan fingerprint density at radius 1 is 0.500 bits per heavy atom. The minimum atomic E-state index is -9.31. The molecule has 0 spiro atoms. The van der Waals surface area contributed by atoms with Crippen molar-refractivity contribution in [2.75, 3.05) is 0 Å². The molecular weight excluding hydrogens is 706 g/mol. The van der Waals surface area contributed by atoms with Crippen LogP contribution in [0.4, 0.5) is 92.2 Å². The van der Waals surface area contributed by atoms with Gasteiger partial charge in [-0.05, 0) is 0 Å². The molecule has 0 aromatic carbocycles. The summed E-state index contributed by atoms with van der Waals surface area (Å²) in [5.41, 5.74) is 0. The van der Waals surface area contributed by atoms with Crippen molar-refractivity contribution in [2.45, 2.75) is 59.1 Å². The molecule has 0 radical (unpaired) electrons. The van der Waals surface area contributed by atoms with Crippen LogP contribution in [0.5, 0.6) is 0 Å². The zero-order valence-electron chi connectivity index (χ0n) is 18.7. The minimum Gasteiger partial charge on any atom is -0.790 e. The molecule has 0 amide bonds. The molecule has 0 aliphatic heterocycles. The van der Waals surface area contributed by atoms with Crippen molar-refractivity contribution >= 4 is 17.8 Å². The van der Waals surface area contributed by atoms with Crippen LogP contribution in [0, 0.1) is 0 Å². The fourth-order valence-corrected chi connectivity index (χ4v) is 3.47. The van der Waals surface area contributed by atoms with Crippen LogP contribution >= 0.6 is 7.82 Å². The van der Waals surface area contributed by atoms with Gasteiger partial charge in [0.15, 0.2) is 0 Å². The standard InChI is InChI=1S/C10H3F21NO6PS.2Li/c11-1(12,3(15,16)7(23,24)25)2(13,14)5(19,20)9(29,30)40(36,37)32-10(31,38-39(33,34)35)6(21,22)4(17,18)8(26,27)28;;/h32H,(H2,33,34,35);;/q;2*+1/p-2. The van der Waals surface area contributed by atoms with E-state index in [1.807, 2.05) is 0 Å². The predicted molar refractivity (Wildman–Crippen MR) is 71.3 cm³/mol. The van der Waals surface area contributed by atoms with Gasteiger partial charge in [-0.2, -0.15) is 92.2 Å². The topological polar surface area (TPSA) is 119 Å². The van der Waals surface area contributed by atoms with Crippen molar-refractivity contribution in [3.05, 3.63) is 0 Å². The van der Waals surface area contributed by atoms with Crippen LogP contribution in [0.25, 0.3) is 0 Å². The number of alkyl halides is 21. The van der Waals surface area contributed by atoms with E-state index in [1.54, 1.807) is 4.52 Å². The van der Waals surface area contributed by atoms with Gasteiger partial charge in [-0.15, -0.1) is 4.72 Å². The maximum atomic E-state index is 14.2. The molecule has 0 rings (SSSR count). The summed E-state index contributed by atoms with van der Waals surface area (Å²) in [4.78, 5) is 20.5. The molecule has 0 saturated carbocycles. The van der Waals surface area contributed by atoms with Crippen LogP contribution in [-0.2, 0) is 19.1 Å². The van der Waals surface area contributed by atoms with Crippen molar-refractivity contribution in [3.8, 4) is 0 Å². The van der Waals surface area contributed by atoms with Gasteiger partial charge < -0.3 is 14.4 Å². The minimum absolute atomic E-state index is 0. The molecule has 242 valence electrons. The largest absolute Gasteiger partial charge is 1.00 e. The molecule has 0 aromatic heterocycles. The van der Waals surface area contributed by atoms with E-state index in [-0.39, 0.29) is 37.7 Å². The summed E-state index contributed by atoms with van der Waals surface area (Å²) >= 11 is 0. The molecule has 0 aliphatic rings. The fraction of sp³-hybridized carbons (Fsp3) is 1.00. The zero-order valence-corrected chi connectivity index (χ0v) is 20.5. The smallest absolute Gasteiger partial charge is 0.790 e. The van der Waals surface area contributed by atoms with Crippen LogP contribution in [0.3, 0.4) is 0 Å². The summed E-state index contributed by atoms with van der Waals surface area (Å²) in [6, 6.07) is 0. The van der Waals surface area contributed by atoms with Crippen molar-refractivity contribution in [1.29, 1.82) is 0 Å². The maximum absolute atomic E-state index is 14.2. The van der Waals surface area contributed by atoms with E-state index in [0.29, 0.717) is 0 Å². The van der Waals surface area contributed by atoms with E-state index in [1.165, 1.54) is 0 Å². The molecule has 1 unspecified atom stereocenters. The monoisotopic (exact) mass is 707 g/mol. The number of phosphoric ester groups is 1. The summed E-state index contributed by atoms with van der Waals surface area (Å²) in [6.07, 6.45) is -16.0. The third-order valence-electron chi connectivity index (χ3n) is 3.90. The molecular formula is C10HF21Li2NO6PS. The predicted octanol–water partition coefficient (Wildman–Crippen LogP) is -2.09. The second kappa shape index (κ2) is 11.8. The average Bonchev–Trinajstić information content (AvgIpc) is 2.62. The Bertz CT molecular complexity index is 1120. The van der Waals surface area contributed by atoms with Gasteiger partial charge >= 0.3 is 96.8 Å². The second-order valence-corrected chi connectivity index (χ2v) is 9.50. The van der Waals surface area contributed by atoms with Gasteiger partial charge in [-0.3, -0.25) is 4.52 Å². The second-order valence-electron chi connectivity index (χ2n) is 6.70. The van der Waals surface area contributed by atoms with E-state index >= 15 is 0 Å². The molecule has 0 heterocycles. The van der Waals surface area contributed by atoms with Gasteiger partial charge in [0.25, 0.3) is 10.0 Å². The number of nitrogens with one attached hydrogen (secondary N) is 1. The summed E-state index contributed by atoms with van der Waals surface area (Å²) in [5.74, 6) is -60.3. The van der Waals surface area contributed by atoms with Crippen molar-refractivity contribution in [3.63, 3.8) is 0 Å². The van der Waals surface area contributed by atoms with Crippen molar-refractivity contribution in [1.82, 2.24) is 4.72 Å². The van der Waals surface area contributed by atoms with Crippen LogP contribution < -0.4 is 52.2 Å². The van der Waals surface area contributed by atoms with Crippen molar-refractivity contribution in [2.24, 2.45) is 0 Å². The number of phosphoric acid groups is 1. The molecule has 0 bridgehead atoms. The van der Waals surface area contributed by atoms with Gasteiger partial charge in [0, 0.05) is 0 Å². The molecule has 0 aliphatic carbocycles. The van der Waals surface area contributed by atoms with Gasteiger partial charge in [0.1, 0.15) is 0 Å². The quantitative estimate of drug-likeness (QED) is 0.0867. The first-order chi connectivity index (χ1) is 16.7. The van der Waals surface area contributed by atoms with E-state index in [9.17, 15) is 115 Å². The van der Waals surface area contributed by atoms with E-state index in [2.05, 4.69) is 0 Å². The number of hydrogen-bond acceptors (Lipinski definition) is 6. The Hall–Kier alpha value is -0.255. The SMILES string of the molecule is O=P([O-])([O-])OC(F)(NS(=O)(=O)C(F)(F)C(F)(F)C(F)(F)C(F)(F)C(F)(F)C(F)(F)F)C(F)(F)C(F)(F)C(F)(F)F.[Li+].[Li+]. The summed E-state index contributed by atoms with van der Waals surface area (Å²) in [7, 11) is -17.4. The van der Waals surface area contributed by atoms with Crippen LogP contribution in [0.2, 0.25) is 0 Å². The number of rotatable bonds is 11. The van der Waals surface area contributed by atoms with Crippen LogP contribution in [-0.4, -0.2) is 67.5 Å². The Morgan fingerprint density at radius 2 is 0.762 bits per heavy atom. The first kappa shape index (κ1) is 46.2. The molecule has 0 fully saturated rings. The molecule has 1 atom stereocenters. The van der Waals surface area contributed by atoms with E-state index < -0.39 is 81.7 Å². The maximum Gasteiger partial charge on any atom is 1.00 e. The summed E-state index contributed by atoms with van der Waals surface area (Å²) in [5, 5.41) is -8.80. The van der Waals surface area contributed by atoms with E-state index in [4.69, 9.17) is 0 Å².